The Balaban J connectivity index is 1.65. The Morgan fingerprint density at radius 3 is 2.42 bits per heavy atom. The molecule has 0 aliphatic carbocycles. The van der Waals surface area contributed by atoms with Gasteiger partial charge in [-0.1, -0.05) is 60.7 Å². The van der Waals surface area contributed by atoms with Crippen molar-refractivity contribution in [2.45, 2.75) is 19.0 Å². The molecule has 0 saturated carbocycles. The van der Waals surface area contributed by atoms with E-state index in [0.717, 1.165) is 23.4 Å². The smallest absolute Gasteiger partial charge is 0.258 e. The molecule has 1 amide bonds. The second-order valence-electron chi connectivity index (χ2n) is 7.77. The molecule has 4 rings (SSSR count). The molecule has 0 aromatic heterocycles. The van der Waals surface area contributed by atoms with Gasteiger partial charge in [-0.2, -0.15) is 0 Å². The van der Waals surface area contributed by atoms with Crippen LogP contribution in [0.15, 0.2) is 78.9 Å². The zero-order chi connectivity index (χ0) is 21.7. The Morgan fingerprint density at radius 1 is 0.903 bits per heavy atom. The van der Waals surface area contributed by atoms with Crippen molar-refractivity contribution in [1.29, 1.82) is 0 Å². The van der Waals surface area contributed by atoms with Gasteiger partial charge in [-0.3, -0.25) is 4.79 Å². The van der Waals surface area contributed by atoms with Gasteiger partial charge in [0.15, 0.2) is 0 Å². The molecule has 0 radical (unpaired) electrons. The van der Waals surface area contributed by atoms with Crippen LogP contribution >= 0.6 is 0 Å². The first-order chi connectivity index (χ1) is 15.1. The Bertz CT molecular complexity index is 1040. The van der Waals surface area contributed by atoms with Crippen LogP contribution in [0.4, 0.5) is 5.69 Å². The van der Waals surface area contributed by atoms with Crippen molar-refractivity contribution in [1.82, 2.24) is 4.90 Å². The van der Waals surface area contributed by atoms with E-state index in [1.165, 1.54) is 5.56 Å². The second-order valence-corrected chi connectivity index (χ2v) is 7.77. The second kappa shape index (κ2) is 9.23. The van der Waals surface area contributed by atoms with Crippen LogP contribution in [0.5, 0.6) is 5.75 Å². The molecular formula is C26H28N2O3. The normalized spacial score (nSPS) is 17.7. The average molecular weight is 417 g/mol. The lowest BCUT2D eigenvalue weighted by molar-refractivity contribution is 0.0431. The van der Waals surface area contributed by atoms with Crippen molar-refractivity contribution in [3.05, 3.63) is 95.6 Å². The molecule has 0 saturated heterocycles. The van der Waals surface area contributed by atoms with E-state index in [1.54, 1.807) is 7.11 Å². The molecule has 1 unspecified atom stereocenters. The number of fused-ring (bicyclic) bond motifs is 1. The number of hydrogen-bond donors (Lipinski definition) is 1. The molecule has 3 aromatic carbocycles. The number of rotatable bonds is 8. The minimum Gasteiger partial charge on any atom is -0.493 e. The summed E-state index contributed by atoms with van der Waals surface area (Å²) >= 11 is 0. The summed E-state index contributed by atoms with van der Waals surface area (Å²) in [5.74, 6) is 0.746. The van der Waals surface area contributed by atoms with Gasteiger partial charge in [-0.25, -0.2) is 0 Å². The quantitative estimate of drug-likeness (QED) is 0.579. The molecule has 1 aliphatic rings. The predicted octanol–water partition coefficient (Wildman–Crippen LogP) is 4.70. The van der Waals surface area contributed by atoms with Crippen LogP contribution in [0.25, 0.3) is 0 Å². The number of nitrogens with zero attached hydrogens (tertiary/aromatic N) is 1. The monoisotopic (exact) mass is 416 g/mol. The third-order valence-corrected chi connectivity index (χ3v) is 5.74. The molecule has 0 bridgehead atoms. The third-order valence-electron chi connectivity index (χ3n) is 5.74. The molecule has 1 N–H and O–H groups in total. The van der Waals surface area contributed by atoms with Gasteiger partial charge in [0.05, 0.1) is 18.8 Å². The van der Waals surface area contributed by atoms with Crippen molar-refractivity contribution in [3.63, 3.8) is 0 Å². The highest BCUT2D eigenvalue weighted by Crippen LogP contribution is 2.41. The van der Waals surface area contributed by atoms with Gasteiger partial charge < -0.3 is 19.7 Å². The number of carbonyl (C=O) groups is 1. The third kappa shape index (κ3) is 4.28. The molecule has 1 heterocycles. The Kier molecular flexibility index (Phi) is 6.23. The van der Waals surface area contributed by atoms with E-state index in [1.807, 2.05) is 78.6 Å². The maximum absolute atomic E-state index is 13.4. The molecular weight excluding hydrogens is 388 g/mol. The molecule has 1 aliphatic heterocycles. The lowest BCUT2D eigenvalue weighted by Crippen LogP contribution is -2.56. The van der Waals surface area contributed by atoms with Crippen LogP contribution in [0.3, 0.4) is 0 Å². The van der Waals surface area contributed by atoms with E-state index in [9.17, 15) is 4.79 Å². The van der Waals surface area contributed by atoms with Gasteiger partial charge >= 0.3 is 0 Å². The van der Waals surface area contributed by atoms with Gasteiger partial charge in [0.1, 0.15) is 11.4 Å². The Labute approximate surface area is 183 Å². The zero-order valence-electron chi connectivity index (χ0n) is 18.0. The van der Waals surface area contributed by atoms with Gasteiger partial charge in [0.25, 0.3) is 5.91 Å². The average Bonchev–Trinajstić information content (AvgIpc) is 2.80. The number of para-hydroxylation sites is 2. The number of anilines is 1. The van der Waals surface area contributed by atoms with Crippen molar-refractivity contribution >= 4 is 11.6 Å². The molecule has 1 atom stereocenters. The van der Waals surface area contributed by atoms with E-state index >= 15 is 0 Å². The summed E-state index contributed by atoms with van der Waals surface area (Å²) in [4.78, 5) is 15.2. The number of methoxy groups -OCH3 is 1. The standard InChI is InChI=1S/C26H28N2O3/c1-26(27-23-14-8-6-12-21(23)25(29)28(26)17-19-30-2)22-13-7-9-15-24(22)31-18-16-20-10-4-3-5-11-20/h3-15,27H,16-19H2,1-2H3. The summed E-state index contributed by atoms with van der Waals surface area (Å²) < 4.78 is 11.5. The molecule has 0 fully saturated rings. The first-order valence-corrected chi connectivity index (χ1v) is 10.6. The molecule has 0 spiro atoms. The van der Waals surface area contributed by atoms with Crippen molar-refractivity contribution in [3.8, 4) is 5.75 Å². The van der Waals surface area contributed by atoms with Gasteiger partial charge in [0.2, 0.25) is 0 Å². The van der Waals surface area contributed by atoms with Crippen LogP contribution in [-0.4, -0.2) is 37.7 Å². The number of benzene rings is 3. The van der Waals surface area contributed by atoms with E-state index in [-0.39, 0.29) is 5.91 Å². The fraction of sp³-hybridized carbons (Fsp3) is 0.269. The van der Waals surface area contributed by atoms with Crippen LogP contribution in [0.1, 0.15) is 28.4 Å². The molecule has 5 nitrogen and oxygen atoms in total. The number of hydrogen-bond acceptors (Lipinski definition) is 4. The van der Waals surface area contributed by atoms with Gasteiger partial charge in [-0.15, -0.1) is 0 Å². The van der Waals surface area contributed by atoms with E-state index in [4.69, 9.17) is 9.47 Å². The lowest BCUT2D eigenvalue weighted by Gasteiger charge is -2.47. The molecule has 3 aromatic rings. The Morgan fingerprint density at radius 2 is 1.61 bits per heavy atom. The largest absolute Gasteiger partial charge is 0.493 e. The van der Waals surface area contributed by atoms with Crippen molar-refractivity contribution in [2.75, 3.05) is 32.2 Å². The van der Waals surface area contributed by atoms with Gasteiger partial charge in [0, 0.05) is 31.3 Å². The minimum atomic E-state index is -0.771. The highest BCUT2D eigenvalue weighted by atomic mass is 16.5. The first kappa shape index (κ1) is 20.9. The topological polar surface area (TPSA) is 50.8 Å². The first-order valence-electron chi connectivity index (χ1n) is 10.6. The van der Waals surface area contributed by atoms with E-state index < -0.39 is 5.66 Å². The number of nitrogens with one attached hydrogen (secondary N) is 1. The summed E-state index contributed by atoms with van der Waals surface area (Å²) in [6.07, 6.45) is 0.814. The fourth-order valence-corrected chi connectivity index (χ4v) is 4.10. The number of amides is 1. The highest BCUT2D eigenvalue weighted by Gasteiger charge is 2.43. The van der Waals surface area contributed by atoms with Crippen molar-refractivity contribution in [2.24, 2.45) is 0 Å². The molecule has 5 heteroatoms. The summed E-state index contributed by atoms with van der Waals surface area (Å²) in [6, 6.07) is 25.8. The van der Waals surface area contributed by atoms with E-state index in [2.05, 4.69) is 17.4 Å². The van der Waals surface area contributed by atoms with E-state index in [0.29, 0.717) is 25.3 Å². The van der Waals surface area contributed by atoms with Crippen molar-refractivity contribution < 1.29 is 14.3 Å². The maximum atomic E-state index is 13.4. The lowest BCUT2D eigenvalue weighted by atomic mass is 9.92. The Hall–Kier alpha value is -3.31. The molecule has 160 valence electrons. The zero-order valence-corrected chi connectivity index (χ0v) is 18.0. The van der Waals surface area contributed by atoms with Crippen LogP contribution < -0.4 is 10.1 Å². The minimum absolute atomic E-state index is 0.0204. The van der Waals surface area contributed by atoms with Gasteiger partial charge in [-0.05, 0) is 30.7 Å². The summed E-state index contributed by atoms with van der Waals surface area (Å²) in [7, 11) is 1.65. The number of carbonyl (C=O) groups excluding carboxylic acids is 1. The summed E-state index contributed by atoms with van der Waals surface area (Å²) in [6.45, 7) is 3.49. The number of ether oxygens (including phenoxy) is 2. The summed E-state index contributed by atoms with van der Waals surface area (Å²) in [5.41, 5.74) is 2.86. The van der Waals surface area contributed by atoms with Crippen LogP contribution in [0.2, 0.25) is 0 Å². The highest BCUT2D eigenvalue weighted by molar-refractivity contribution is 6.02. The van der Waals surface area contributed by atoms with Crippen LogP contribution in [-0.2, 0) is 16.8 Å². The predicted molar refractivity (Wildman–Crippen MR) is 122 cm³/mol. The fourth-order valence-electron chi connectivity index (χ4n) is 4.10. The summed E-state index contributed by atoms with van der Waals surface area (Å²) in [5, 5.41) is 3.60. The SMILES string of the molecule is COCCN1C(=O)c2ccccc2NC1(C)c1ccccc1OCCc1ccccc1. The molecule has 31 heavy (non-hydrogen) atoms. The maximum Gasteiger partial charge on any atom is 0.258 e. The van der Waals surface area contributed by atoms with Crippen LogP contribution in [0, 0.1) is 0 Å².